The van der Waals surface area contributed by atoms with E-state index in [9.17, 15) is 19.5 Å². The molecule has 204 valence electrons. The largest absolute Gasteiger partial charge is 0.458 e. The van der Waals surface area contributed by atoms with Gasteiger partial charge in [-0.25, -0.2) is 9.78 Å². The van der Waals surface area contributed by atoms with E-state index in [0.717, 1.165) is 47.7 Å². The van der Waals surface area contributed by atoms with Gasteiger partial charge >= 0.3 is 11.9 Å². The highest BCUT2D eigenvalue weighted by atomic mass is 16.6. The van der Waals surface area contributed by atoms with Crippen molar-refractivity contribution in [2.75, 3.05) is 6.54 Å². The fourth-order valence-corrected chi connectivity index (χ4v) is 6.44. The molecule has 3 N–H and O–H groups in total. The molecule has 1 aromatic carbocycles. The minimum atomic E-state index is -1.86. The molecule has 0 bridgehead atoms. The van der Waals surface area contributed by atoms with Gasteiger partial charge in [-0.1, -0.05) is 13.8 Å². The molecule has 39 heavy (non-hydrogen) atoms. The van der Waals surface area contributed by atoms with Crippen LogP contribution < -0.4 is 16.0 Å². The van der Waals surface area contributed by atoms with Crippen molar-refractivity contribution < 1.29 is 24.2 Å². The Labute approximate surface area is 225 Å². The second kappa shape index (κ2) is 9.57. The van der Waals surface area contributed by atoms with E-state index in [0.29, 0.717) is 53.7 Å². The first kappa shape index (κ1) is 25.7. The number of benzene rings is 1. The van der Waals surface area contributed by atoms with Crippen LogP contribution >= 0.6 is 0 Å². The summed E-state index contributed by atoms with van der Waals surface area (Å²) >= 11 is 0. The molecule has 2 aromatic heterocycles. The average molecular weight is 532 g/mol. The number of aryl methyl sites for hydroxylation is 1. The molecule has 0 radical (unpaired) electrons. The van der Waals surface area contributed by atoms with Crippen molar-refractivity contribution in [1.29, 1.82) is 0 Å². The standard InChI is InChI=1S/C30H33N3O6/c1-3-19-20-11-18(39-28(35)17-7-5-16(13-31)6-8-17)9-10-24(20)32-26-21(19)14-33-25(26)12-23-22(27(33)34)15-38-29(36)30(23,37)4-2/h9-12,16-17,37H,3-8,13-15,31H2,1-2H3. The lowest BCUT2D eigenvalue weighted by Gasteiger charge is -2.31. The Kier molecular flexibility index (Phi) is 6.31. The first-order valence-electron chi connectivity index (χ1n) is 13.8. The van der Waals surface area contributed by atoms with Gasteiger partial charge in [-0.2, -0.15) is 0 Å². The molecule has 1 saturated carbocycles. The van der Waals surface area contributed by atoms with Crippen molar-refractivity contribution in [3.05, 3.63) is 56.9 Å². The van der Waals surface area contributed by atoms with Crippen LogP contribution in [0.1, 0.15) is 68.2 Å². The number of nitrogens with two attached hydrogens (primary N) is 1. The molecule has 1 aliphatic carbocycles. The van der Waals surface area contributed by atoms with E-state index in [2.05, 4.69) is 0 Å². The summed E-state index contributed by atoms with van der Waals surface area (Å²) in [5.41, 5.74) is 8.14. The number of esters is 2. The molecule has 3 aromatic rings. The molecule has 1 atom stereocenters. The third kappa shape index (κ3) is 3.98. The van der Waals surface area contributed by atoms with Crippen molar-refractivity contribution in [3.8, 4) is 17.1 Å². The van der Waals surface area contributed by atoms with Gasteiger partial charge in [0.25, 0.3) is 5.56 Å². The second-order valence-corrected chi connectivity index (χ2v) is 10.9. The minimum absolute atomic E-state index is 0.0932. The Morgan fingerprint density at radius 2 is 1.95 bits per heavy atom. The summed E-state index contributed by atoms with van der Waals surface area (Å²) in [5, 5.41) is 12.0. The zero-order valence-electron chi connectivity index (χ0n) is 22.3. The molecule has 0 amide bonds. The van der Waals surface area contributed by atoms with Crippen molar-refractivity contribution in [2.45, 2.75) is 71.1 Å². The summed E-state index contributed by atoms with van der Waals surface area (Å²) in [4.78, 5) is 43.8. The maximum absolute atomic E-state index is 13.5. The van der Waals surface area contributed by atoms with Gasteiger partial charge in [0.15, 0.2) is 5.60 Å². The molecule has 6 rings (SSSR count). The number of nitrogens with zero attached hydrogens (tertiary/aromatic N) is 2. The smallest absolute Gasteiger partial charge is 0.343 e. The third-order valence-electron chi connectivity index (χ3n) is 8.86. The first-order valence-corrected chi connectivity index (χ1v) is 13.8. The van der Waals surface area contributed by atoms with Gasteiger partial charge in [-0.3, -0.25) is 9.59 Å². The van der Waals surface area contributed by atoms with E-state index in [1.54, 1.807) is 23.6 Å². The molecule has 1 unspecified atom stereocenters. The van der Waals surface area contributed by atoms with Crippen molar-refractivity contribution in [2.24, 2.45) is 17.6 Å². The number of ether oxygens (including phenoxy) is 2. The van der Waals surface area contributed by atoms with Crippen LogP contribution in [0.25, 0.3) is 22.3 Å². The van der Waals surface area contributed by atoms with Gasteiger partial charge in [-0.15, -0.1) is 0 Å². The van der Waals surface area contributed by atoms with Crippen LogP contribution in [-0.4, -0.2) is 33.1 Å². The number of pyridine rings is 2. The van der Waals surface area contributed by atoms with Gasteiger partial charge in [-0.05, 0) is 80.8 Å². The lowest BCUT2D eigenvalue weighted by Crippen LogP contribution is -2.44. The molecule has 4 heterocycles. The van der Waals surface area contributed by atoms with Gasteiger partial charge < -0.3 is 24.9 Å². The Hall–Kier alpha value is -3.56. The predicted molar refractivity (Wildman–Crippen MR) is 144 cm³/mol. The summed E-state index contributed by atoms with van der Waals surface area (Å²) < 4.78 is 12.6. The van der Waals surface area contributed by atoms with Gasteiger partial charge in [0, 0.05) is 16.5 Å². The summed E-state index contributed by atoms with van der Waals surface area (Å²) in [5.74, 6) is -0.0908. The molecular weight excluding hydrogens is 498 g/mol. The number of hydrogen-bond acceptors (Lipinski definition) is 8. The normalized spacial score (nSPS) is 23.6. The number of aliphatic hydroxyl groups is 1. The first-order chi connectivity index (χ1) is 18.8. The van der Waals surface area contributed by atoms with Gasteiger partial charge in [0.2, 0.25) is 0 Å². The number of hydrogen-bond donors (Lipinski definition) is 2. The Morgan fingerprint density at radius 1 is 1.18 bits per heavy atom. The summed E-state index contributed by atoms with van der Waals surface area (Å²) in [7, 11) is 0. The van der Waals surface area contributed by atoms with Crippen LogP contribution in [-0.2, 0) is 39.5 Å². The second-order valence-electron chi connectivity index (χ2n) is 10.9. The zero-order valence-corrected chi connectivity index (χ0v) is 22.3. The Bertz CT molecular complexity index is 1570. The van der Waals surface area contributed by atoms with E-state index in [1.165, 1.54) is 0 Å². The summed E-state index contributed by atoms with van der Waals surface area (Å²) in [6.45, 7) is 4.56. The molecule has 1 fully saturated rings. The predicted octanol–water partition coefficient (Wildman–Crippen LogP) is 3.31. The van der Waals surface area contributed by atoms with Crippen LogP contribution in [0.2, 0.25) is 0 Å². The monoisotopic (exact) mass is 531 g/mol. The highest BCUT2D eigenvalue weighted by molar-refractivity contribution is 5.90. The number of rotatable bonds is 5. The number of aromatic nitrogens is 2. The molecule has 2 aliphatic heterocycles. The van der Waals surface area contributed by atoms with Crippen molar-refractivity contribution >= 4 is 22.8 Å². The van der Waals surface area contributed by atoms with Crippen LogP contribution in [0.15, 0.2) is 29.1 Å². The quantitative estimate of drug-likeness (QED) is 0.296. The lowest BCUT2D eigenvalue weighted by atomic mass is 9.82. The summed E-state index contributed by atoms with van der Waals surface area (Å²) in [6, 6.07) is 7.18. The number of carbonyl (C=O) groups is 2. The maximum Gasteiger partial charge on any atom is 0.343 e. The van der Waals surface area contributed by atoms with E-state index < -0.39 is 11.6 Å². The van der Waals surface area contributed by atoms with E-state index >= 15 is 0 Å². The molecule has 3 aliphatic rings. The van der Waals surface area contributed by atoms with Crippen LogP contribution in [0, 0.1) is 11.8 Å². The Morgan fingerprint density at radius 3 is 2.64 bits per heavy atom. The van der Waals surface area contributed by atoms with Gasteiger partial charge in [0.05, 0.1) is 34.9 Å². The third-order valence-corrected chi connectivity index (χ3v) is 8.86. The van der Waals surface area contributed by atoms with Crippen molar-refractivity contribution in [3.63, 3.8) is 0 Å². The summed E-state index contributed by atoms with van der Waals surface area (Å²) in [6.07, 6.45) is 4.27. The van der Waals surface area contributed by atoms with E-state index in [4.69, 9.17) is 20.2 Å². The SMILES string of the molecule is CCc1c2c(nc3ccc(OC(=O)C4CCC(CN)CC4)cc13)-c1cc3c(c(=O)n1C2)COC(=O)C3(O)CC. The molecular formula is C30H33N3O6. The van der Waals surface area contributed by atoms with Crippen LogP contribution in [0.5, 0.6) is 5.75 Å². The minimum Gasteiger partial charge on any atom is -0.458 e. The Balaban J connectivity index is 1.38. The van der Waals surface area contributed by atoms with E-state index in [1.807, 2.05) is 19.1 Å². The highest BCUT2D eigenvalue weighted by Crippen LogP contribution is 2.41. The zero-order chi connectivity index (χ0) is 27.5. The molecule has 9 heteroatoms. The molecule has 9 nitrogen and oxygen atoms in total. The van der Waals surface area contributed by atoms with Gasteiger partial charge in [0.1, 0.15) is 12.4 Å². The fraction of sp³-hybridized carbons (Fsp3) is 0.467. The fourth-order valence-electron chi connectivity index (χ4n) is 6.44. The number of cyclic esters (lactones) is 1. The molecule has 0 spiro atoms. The number of fused-ring (bicyclic) bond motifs is 5. The molecule has 0 saturated heterocycles. The maximum atomic E-state index is 13.5. The lowest BCUT2D eigenvalue weighted by molar-refractivity contribution is -0.172. The van der Waals surface area contributed by atoms with Crippen LogP contribution in [0.4, 0.5) is 0 Å². The van der Waals surface area contributed by atoms with Crippen LogP contribution in [0.3, 0.4) is 0 Å². The highest BCUT2D eigenvalue weighted by Gasteiger charge is 2.45. The van der Waals surface area contributed by atoms with E-state index in [-0.39, 0.29) is 30.5 Å². The van der Waals surface area contributed by atoms with Crippen molar-refractivity contribution in [1.82, 2.24) is 9.55 Å². The number of carbonyl (C=O) groups excluding carboxylic acids is 2. The average Bonchev–Trinajstić information content (AvgIpc) is 3.32. The topological polar surface area (TPSA) is 134 Å².